The molecule has 5 rings (SSSR count). The number of hydrogen-bond donors (Lipinski definition) is 3. The first-order valence-electron chi connectivity index (χ1n) is 14.3. The van der Waals surface area contributed by atoms with Crippen molar-refractivity contribution in [3.63, 3.8) is 0 Å². The van der Waals surface area contributed by atoms with E-state index in [1.165, 1.54) is 0 Å². The highest BCUT2D eigenvalue weighted by atomic mass is 16.5. The highest BCUT2D eigenvalue weighted by molar-refractivity contribution is 6.07. The Morgan fingerprint density at radius 3 is 2.53 bits per heavy atom. The minimum Gasteiger partial charge on any atom is -0.445 e. The van der Waals surface area contributed by atoms with Crippen molar-refractivity contribution in [1.29, 1.82) is 0 Å². The summed E-state index contributed by atoms with van der Waals surface area (Å²) in [6.45, 7) is 3.49. The average Bonchev–Trinajstić information content (AvgIpc) is 3.05. The van der Waals surface area contributed by atoms with Crippen LogP contribution in [-0.4, -0.2) is 59.8 Å². The maximum Gasteiger partial charge on any atom is 0.407 e. The van der Waals surface area contributed by atoms with Crippen molar-refractivity contribution in [3.8, 4) is 11.3 Å². The Kier molecular flexibility index (Phi) is 10.1. The van der Waals surface area contributed by atoms with Crippen molar-refractivity contribution in [2.24, 2.45) is 0 Å². The van der Waals surface area contributed by atoms with E-state index in [2.05, 4.69) is 30.5 Å². The molecule has 1 aliphatic heterocycles. The van der Waals surface area contributed by atoms with Crippen molar-refractivity contribution in [2.45, 2.75) is 25.9 Å². The smallest absolute Gasteiger partial charge is 0.407 e. The fourth-order valence-electron chi connectivity index (χ4n) is 4.71. The Morgan fingerprint density at radius 2 is 1.74 bits per heavy atom. The summed E-state index contributed by atoms with van der Waals surface area (Å²) in [4.78, 5) is 40.2. The number of carbonyl (C=O) groups excluding carboxylic acids is 2. The number of aromatic nitrogens is 3. The van der Waals surface area contributed by atoms with Crippen molar-refractivity contribution in [1.82, 2.24) is 20.3 Å². The SMILES string of the molecule is Nc1ncc(-c2ccc(CCCCNC(=O)OCc3ccccc3)cc2)nc1C(=O)Nc1cnccc1N1CCOCC1. The van der Waals surface area contributed by atoms with Crippen molar-refractivity contribution >= 4 is 29.2 Å². The van der Waals surface area contributed by atoms with E-state index < -0.39 is 12.0 Å². The van der Waals surface area contributed by atoms with Gasteiger partial charge in [-0.25, -0.2) is 14.8 Å². The number of alkyl carbamates (subject to hydrolysis) is 1. The second-order valence-electron chi connectivity index (χ2n) is 10.1. The van der Waals surface area contributed by atoms with Gasteiger partial charge in [0.25, 0.3) is 5.91 Å². The molecule has 4 aromatic rings. The van der Waals surface area contributed by atoms with Crippen LogP contribution in [0.5, 0.6) is 0 Å². The third-order valence-electron chi connectivity index (χ3n) is 7.04. The molecule has 43 heavy (non-hydrogen) atoms. The number of nitrogens with one attached hydrogen (secondary N) is 2. The van der Waals surface area contributed by atoms with E-state index in [1.54, 1.807) is 18.6 Å². The van der Waals surface area contributed by atoms with E-state index in [0.29, 0.717) is 31.1 Å². The molecule has 2 aromatic carbocycles. The zero-order valence-electron chi connectivity index (χ0n) is 23.9. The minimum absolute atomic E-state index is 0.0484. The number of nitrogen functional groups attached to an aromatic ring is 1. The fourth-order valence-corrected chi connectivity index (χ4v) is 4.71. The van der Waals surface area contributed by atoms with Gasteiger partial charge in [0, 0.05) is 31.4 Å². The molecule has 0 unspecified atom stereocenters. The summed E-state index contributed by atoms with van der Waals surface area (Å²) >= 11 is 0. The molecule has 222 valence electrons. The number of unbranched alkanes of at least 4 members (excludes halogenated alkanes) is 1. The van der Waals surface area contributed by atoms with E-state index >= 15 is 0 Å². The van der Waals surface area contributed by atoms with Gasteiger partial charge in [0.2, 0.25) is 0 Å². The van der Waals surface area contributed by atoms with E-state index in [4.69, 9.17) is 15.2 Å². The molecule has 0 bridgehead atoms. The van der Waals surface area contributed by atoms with Crippen LogP contribution in [0.15, 0.2) is 79.3 Å². The number of benzene rings is 2. The van der Waals surface area contributed by atoms with Crippen molar-refractivity contribution < 1.29 is 19.1 Å². The molecule has 11 heteroatoms. The number of nitrogens with zero attached hydrogens (tertiary/aromatic N) is 4. The Morgan fingerprint density at radius 1 is 0.953 bits per heavy atom. The highest BCUT2D eigenvalue weighted by Crippen LogP contribution is 2.27. The van der Waals surface area contributed by atoms with Gasteiger partial charge in [-0.1, -0.05) is 54.6 Å². The Balaban J connectivity index is 1.12. The average molecular weight is 582 g/mol. The molecule has 4 N–H and O–H groups in total. The van der Waals surface area contributed by atoms with Crippen LogP contribution in [0.25, 0.3) is 11.3 Å². The number of rotatable bonds is 11. The topological polar surface area (TPSA) is 145 Å². The van der Waals surface area contributed by atoms with Gasteiger partial charge < -0.3 is 30.7 Å². The summed E-state index contributed by atoms with van der Waals surface area (Å²) in [6, 6.07) is 19.4. The molecule has 3 heterocycles. The first-order valence-corrected chi connectivity index (χ1v) is 14.3. The largest absolute Gasteiger partial charge is 0.445 e. The lowest BCUT2D eigenvalue weighted by atomic mass is 10.0. The number of aryl methyl sites for hydroxylation is 1. The van der Waals surface area contributed by atoms with Crippen LogP contribution < -0.4 is 21.3 Å². The third-order valence-corrected chi connectivity index (χ3v) is 7.04. The van der Waals surface area contributed by atoms with Gasteiger partial charge >= 0.3 is 6.09 Å². The zero-order valence-corrected chi connectivity index (χ0v) is 23.9. The predicted molar refractivity (Wildman–Crippen MR) is 165 cm³/mol. The lowest BCUT2D eigenvalue weighted by molar-refractivity contribution is 0.102. The molecule has 0 radical (unpaired) electrons. The number of nitrogens with two attached hydrogens (primary N) is 1. The van der Waals surface area contributed by atoms with E-state index in [1.807, 2.05) is 60.7 Å². The van der Waals surface area contributed by atoms with E-state index in [0.717, 1.165) is 54.7 Å². The van der Waals surface area contributed by atoms with Gasteiger partial charge in [-0.15, -0.1) is 0 Å². The second kappa shape index (κ2) is 14.7. The molecule has 2 amide bonds. The number of morpholine rings is 1. The molecule has 1 saturated heterocycles. The van der Waals surface area contributed by atoms with Crippen LogP contribution >= 0.6 is 0 Å². The predicted octanol–water partition coefficient (Wildman–Crippen LogP) is 4.46. The van der Waals surface area contributed by atoms with Crippen LogP contribution in [0, 0.1) is 0 Å². The monoisotopic (exact) mass is 581 g/mol. The molecular formula is C32H35N7O4. The molecule has 0 atom stereocenters. The number of anilines is 3. The summed E-state index contributed by atoms with van der Waals surface area (Å²) in [6.07, 6.45) is 7.05. The standard InChI is InChI=1S/C32H35N7O4/c33-30-29(31(40)38-27-20-34-15-13-28(27)39-16-18-42-19-17-39)37-26(21-36-30)25-11-9-23(10-12-25)6-4-5-14-35-32(41)43-22-24-7-2-1-3-8-24/h1-3,7-13,15,20-21H,4-6,14,16-19,22H2,(H2,33,36)(H,35,41)(H,38,40). The maximum absolute atomic E-state index is 13.2. The minimum atomic E-state index is -0.455. The lowest BCUT2D eigenvalue weighted by Gasteiger charge is -2.30. The molecule has 0 spiro atoms. The molecular weight excluding hydrogens is 546 g/mol. The first kappa shape index (κ1) is 29.5. The molecule has 11 nitrogen and oxygen atoms in total. The van der Waals surface area contributed by atoms with Gasteiger partial charge in [-0.05, 0) is 36.5 Å². The van der Waals surface area contributed by atoms with Crippen LogP contribution in [0.2, 0.25) is 0 Å². The van der Waals surface area contributed by atoms with Gasteiger partial charge in [0.15, 0.2) is 11.5 Å². The maximum atomic E-state index is 13.2. The number of carbonyl (C=O) groups is 2. The quantitative estimate of drug-likeness (QED) is 0.219. The summed E-state index contributed by atoms with van der Waals surface area (Å²) in [5.41, 5.74) is 11.0. The highest BCUT2D eigenvalue weighted by Gasteiger charge is 2.20. The summed E-state index contributed by atoms with van der Waals surface area (Å²) in [5.74, 6) is -0.407. The van der Waals surface area contributed by atoms with Crippen LogP contribution in [0.3, 0.4) is 0 Å². The summed E-state index contributed by atoms with van der Waals surface area (Å²) in [7, 11) is 0. The Bertz CT molecular complexity index is 1510. The van der Waals surface area contributed by atoms with Crippen LogP contribution in [-0.2, 0) is 22.5 Å². The normalized spacial score (nSPS) is 12.9. The Labute approximate surface area is 250 Å². The van der Waals surface area contributed by atoms with Gasteiger partial charge in [-0.2, -0.15) is 0 Å². The van der Waals surface area contributed by atoms with Crippen molar-refractivity contribution in [2.75, 3.05) is 48.8 Å². The second-order valence-corrected chi connectivity index (χ2v) is 10.1. The third kappa shape index (κ3) is 8.26. The number of pyridine rings is 1. The number of amides is 2. The van der Waals surface area contributed by atoms with Crippen molar-refractivity contribution in [3.05, 3.63) is 96.1 Å². The van der Waals surface area contributed by atoms with Crippen LogP contribution in [0.1, 0.15) is 34.5 Å². The molecule has 0 saturated carbocycles. The van der Waals surface area contributed by atoms with Gasteiger partial charge in [0.1, 0.15) is 6.61 Å². The zero-order chi connectivity index (χ0) is 29.9. The van der Waals surface area contributed by atoms with Crippen LogP contribution in [0.4, 0.5) is 22.0 Å². The summed E-state index contributed by atoms with van der Waals surface area (Å²) in [5, 5.41) is 5.70. The Hall–Kier alpha value is -5.03. The number of ether oxygens (including phenoxy) is 2. The first-order chi connectivity index (χ1) is 21.1. The summed E-state index contributed by atoms with van der Waals surface area (Å²) < 4.78 is 10.7. The van der Waals surface area contributed by atoms with Gasteiger partial charge in [-0.3, -0.25) is 9.78 Å². The van der Waals surface area contributed by atoms with E-state index in [9.17, 15) is 9.59 Å². The molecule has 1 fully saturated rings. The molecule has 1 aliphatic rings. The lowest BCUT2D eigenvalue weighted by Crippen LogP contribution is -2.36. The van der Waals surface area contributed by atoms with E-state index in [-0.39, 0.29) is 18.1 Å². The molecule has 0 aliphatic carbocycles. The van der Waals surface area contributed by atoms with Gasteiger partial charge in [0.05, 0.1) is 42.7 Å². The number of hydrogen-bond acceptors (Lipinski definition) is 9. The molecule has 2 aromatic heterocycles. The fraction of sp³-hybridized carbons (Fsp3) is 0.281.